The van der Waals surface area contributed by atoms with Gasteiger partial charge in [-0.25, -0.2) is 4.79 Å². The molecule has 1 aromatic carbocycles. The second-order valence-corrected chi connectivity index (χ2v) is 5.62. The van der Waals surface area contributed by atoms with Crippen molar-refractivity contribution in [1.82, 2.24) is 15.5 Å². The van der Waals surface area contributed by atoms with E-state index >= 15 is 0 Å². The summed E-state index contributed by atoms with van der Waals surface area (Å²) in [7, 11) is 1.94. The van der Waals surface area contributed by atoms with Crippen molar-refractivity contribution in [2.24, 2.45) is 0 Å². The molecule has 1 saturated heterocycles. The maximum Gasteiger partial charge on any atom is 0.319 e. The Kier molecular flexibility index (Phi) is 7.85. The SMILES string of the molecule is CNC1CCN(C(=O)CNC(=O)Nc2cccc(C)c2)CC1.Cl. The monoisotopic (exact) mass is 340 g/mol. The van der Waals surface area contributed by atoms with Crippen LogP contribution in [0.2, 0.25) is 0 Å². The number of halogens is 1. The molecule has 128 valence electrons. The van der Waals surface area contributed by atoms with Crippen molar-refractivity contribution in [3.05, 3.63) is 29.8 Å². The van der Waals surface area contributed by atoms with E-state index in [9.17, 15) is 9.59 Å². The van der Waals surface area contributed by atoms with E-state index in [-0.39, 0.29) is 30.9 Å². The van der Waals surface area contributed by atoms with Crippen molar-refractivity contribution in [1.29, 1.82) is 0 Å². The van der Waals surface area contributed by atoms with Gasteiger partial charge in [0.05, 0.1) is 6.54 Å². The Balaban J connectivity index is 0.00000264. The molecule has 1 heterocycles. The summed E-state index contributed by atoms with van der Waals surface area (Å²) in [5, 5.41) is 8.57. The van der Waals surface area contributed by atoms with Gasteiger partial charge in [0, 0.05) is 24.8 Å². The molecule has 1 aliphatic heterocycles. The van der Waals surface area contributed by atoms with E-state index in [4.69, 9.17) is 0 Å². The predicted octanol–water partition coefficient (Wildman–Crippen LogP) is 1.75. The minimum absolute atomic E-state index is 0. The third-order valence-corrected chi connectivity index (χ3v) is 3.93. The Morgan fingerprint density at radius 1 is 1.26 bits per heavy atom. The molecule has 3 N–H and O–H groups in total. The van der Waals surface area contributed by atoms with E-state index in [2.05, 4.69) is 16.0 Å². The summed E-state index contributed by atoms with van der Waals surface area (Å²) in [6, 6.07) is 7.66. The van der Waals surface area contributed by atoms with E-state index in [1.165, 1.54) is 0 Å². The van der Waals surface area contributed by atoms with Crippen LogP contribution in [0, 0.1) is 6.92 Å². The molecule has 1 aromatic rings. The van der Waals surface area contributed by atoms with Crippen molar-refractivity contribution in [3.63, 3.8) is 0 Å². The Morgan fingerprint density at radius 3 is 2.57 bits per heavy atom. The highest BCUT2D eigenvalue weighted by molar-refractivity contribution is 5.92. The molecule has 0 spiro atoms. The molecule has 3 amide bonds. The van der Waals surface area contributed by atoms with E-state index in [1.807, 2.05) is 38.2 Å². The van der Waals surface area contributed by atoms with Gasteiger partial charge in [-0.2, -0.15) is 0 Å². The van der Waals surface area contributed by atoms with Crippen LogP contribution in [0.25, 0.3) is 0 Å². The predicted molar refractivity (Wildman–Crippen MR) is 94.1 cm³/mol. The van der Waals surface area contributed by atoms with Crippen molar-refractivity contribution in [2.75, 3.05) is 32.0 Å². The Bertz CT molecular complexity index is 531. The first-order valence-corrected chi connectivity index (χ1v) is 7.65. The summed E-state index contributed by atoms with van der Waals surface area (Å²) in [5.74, 6) is -0.0334. The number of rotatable bonds is 4. The summed E-state index contributed by atoms with van der Waals surface area (Å²) in [5.41, 5.74) is 1.79. The van der Waals surface area contributed by atoms with Crippen LogP contribution in [-0.4, -0.2) is 49.6 Å². The average Bonchev–Trinajstić information content (AvgIpc) is 2.52. The number of nitrogens with zero attached hydrogens (tertiary/aromatic N) is 1. The molecule has 23 heavy (non-hydrogen) atoms. The van der Waals surface area contributed by atoms with Gasteiger partial charge in [0.2, 0.25) is 5.91 Å². The normalized spacial score (nSPS) is 14.8. The number of carbonyl (C=O) groups excluding carboxylic acids is 2. The number of nitrogens with one attached hydrogen (secondary N) is 3. The molecule has 0 unspecified atom stereocenters. The molecule has 0 aromatic heterocycles. The maximum atomic E-state index is 12.1. The van der Waals surface area contributed by atoms with Crippen LogP contribution in [0.5, 0.6) is 0 Å². The highest BCUT2D eigenvalue weighted by atomic mass is 35.5. The van der Waals surface area contributed by atoms with Gasteiger partial charge < -0.3 is 20.9 Å². The second kappa shape index (κ2) is 9.37. The molecule has 0 bridgehead atoms. The Hall–Kier alpha value is -1.79. The number of hydrogen-bond acceptors (Lipinski definition) is 3. The lowest BCUT2D eigenvalue weighted by molar-refractivity contribution is -0.131. The van der Waals surface area contributed by atoms with E-state index in [1.54, 1.807) is 4.90 Å². The second-order valence-electron chi connectivity index (χ2n) is 5.62. The molecule has 0 saturated carbocycles. The Labute approximate surface area is 143 Å². The molecule has 0 atom stereocenters. The smallest absolute Gasteiger partial charge is 0.319 e. The largest absolute Gasteiger partial charge is 0.341 e. The first-order chi connectivity index (χ1) is 10.6. The van der Waals surface area contributed by atoms with Crippen LogP contribution < -0.4 is 16.0 Å². The number of carbonyl (C=O) groups is 2. The third-order valence-electron chi connectivity index (χ3n) is 3.93. The first-order valence-electron chi connectivity index (χ1n) is 7.65. The number of aryl methyl sites for hydroxylation is 1. The minimum atomic E-state index is -0.357. The van der Waals surface area contributed by atoms with Gasteiger partial charge in [0.1, 0.15) is 0 Å². The molecule has 7 heteroatoms. The van der Waals surface area contributed by atoms with E-state index in [0.717, 1.165) is 37.2 Å². The standard InChI is InChI=1S/C16H24N4O2.ClH/c1-12-4-3-5-14(10-12)19-16(22)18-11-15(21)20-8-6-13(17-2)7-9-20;/h3-5,10,13,17H,6-9,11H2,1-2H3,(H2,18,19,22);1H. The van der Waals surface area contributed by atoms with Crippen LogP contribution in [0.1, 0.15) is 18.4 Å². The zero-order valence-corrected chi connectivity index (χ0v) is 14.4. The quantitative estimate of drug-likeness (QED) is 0.781. The zero-order chi connectivity index (χ0) is 15.9. The summed E-state index contributed by atoms with van der Waals surface area (Å²) >= 11 is 0. The molecular formula is C16H25ClN4O2. The van der Waals surface area contributed by atoms with Gasteiger partial charge in [-0.3, -0.25) is 4.79 Å². The number of urea groups is 1. The number of piperidine rings is 1. The van der Waals surface area contributed by atoms with Gasteiger partial charge in [0.25, 0.3) is 0 Å². The fraction of sp³-hybridized carbons (Fsp3) is 0.500. The summed E-state index contributed by atoms with van der Waals surface area (Å²) in [6.07, 6.45) is 1.91. The number of amides is 3. The van der Waals surface area contributed by atoms with Crippen LogP contribution in [0.3, 0.4) is 0 Å². The molecule has 0 aliphatic carbocycles. The summed E-state index contributed by atoms with van der Waals surface area (Å²) in [4.78, 5) is 25.7. The molecular weight excluding hydrogens is 316 g/mol. The van der Waals surface area contributed by atoms with Crippen molar-refractivity contribution >= 4 is 30.0 Å². The first kappa shape index (κ1) is 19.3. The number of likely N-dealkylation sites (tertiary alicyclic amines) is 1. The highest BCUT2D eigenvalue weighted by Crippen LogP contribution is 2.10. The minimum Gasteiger partial charge on any atom is -0.341 e. The molecule has 1 fully saturated rings. The molecule has 0 radical (unpaired) electrons. The van der Waals surface area contributed by atoms with Gasteiger partial charge in [-0.1, -0.05) is 12.1 Å². The van der Waals surface area contributed by atoms with Crippen LogP contribution in [-0.2, 0) is 4.79 Å². The van der Waals surface area contributed by atoms with Crippen molar-refractivity contribution < 1.29 is 9.59 Å². The molecule has 2 rings (SSSR count). The molecule has 6 nitrogen and oxygen atoms in total. The molecule has 1 aliphatic rings. The average molecular weight is 341 g/mol. The van der Waals surface area contributed by atoms with Gasteiger partial charge in [-0.15, -0.1) is 12.4 Å². The lowest BCUT2D eigenvalue weighted by Gasteiger charge is -2.31. The van der Waals surface area contributed by atoms with Crippen LogP contribution in [0.15, 0.2) is 24.3 Å². The topological polar surface area (TPSA) is 73.5 Å². The maximum absolute atomic E-state index is 12.1. The fourth-order valence-corrected chi connectivity index (χ4v) is 2.58. The van der Waals surface area contributed by atoms with Crippen LogP contribution >= 0.6 is 12.4 Å². The van der Waals surface area contributed by atoms with Crippen molar-refractivity contribution in [3.8, 4) is 0 Å². The lowest BCUT2D eigenvalue weighted by Crippen LogP contribution is -2.47. The van der Waals surface area contributed by atoms with E-state index in [0.29, 0.717) is 6.04 Å². The fourth-order valence-electron chi connectivity index (χ4n) is 2.58. The van der Waals surface area contributed by atoms with Crippen molar-refractivity contribution in [2.45, 2.75) is 25.8 Å². The van der Waals surface area contributed by atoms with Gasteiger partial charge in [0.15, 0.2) is 0 Å². The number of hydrogen-bond donors (Lipinski definition) is 3. The zero-order valence-electron chi connectivity index (χ0n) is 13.6. The third kappa shape index (κ3) is 6.08. The number of benzene rings is 1. The number of anilines is 1. The van der Waals surface area contributed by atoms with Gasteiger partial charge in [-0.05, 0) is 44.5 Å². The summed E-state index contributed by atoms with van der Waals surface area (Å²) in [6.45, 7) is 3.47. The van der Waals surface area contributed by atoms with Gasteiger partial charge >= 0.3 is 6.03 Å². The van der Waals surface area contributed by atoms with E-state index < -0.39 is 0 Å². The summed E-state index contributed by atoms with van der Waals surface area (Å²) < 4.78 is 0. The van der Waals surface area contributed by atoms with Crippen LogP contribution in [0.4, 0.5) is 10.5 Å². The Morgan fingerprint density at radius 2 is 1.96 bits per heavy atom. The highest BCUT2D eigenvalue weighted by Gasteiger charge is 2.21. The lowest BCUT2D eigenvalue weighted by atomic mass is 10.1.